The van der Waals surface area contributed by atoms with Gasteiger partial charge in [-0.3, -0.25) is 0 Å². The third-order valence-corrected chi connectivity index (χ3v) is 15.4. The lowest BCUT2D eigenvalue weighted by Gasteiger charge is -2.36. The number of aromatic nitrogens is 3. The first-order chi connectivity index (χ1) is 33.6. The number of hydrogen-bond acceptors (Lipinski definition) is 3. The maximum atomic E-state index is 6.57. The largest absolute Gasteiger partial charge is 0.461 e. The molecule has 1 aliphatic heterocycles. The summed E-state index contributed by atoms with van der Waals surface area (Å²) in [6.07, 6.45) is 13.7. The van der Waals surface area contributed by atoms with Crippen LogP contribution in [-0.2, 0) is 5.41 Å². The van der Waals surface area contributed by atoms with Gasteiger partial charge in [0, 0.05) is 56.1 Å². The topological polar surface area (TPSA) is 39.9 Å². The minimum Gasteiger partial charge on any atom is -0.461 e. The van der Waals surface area contributed by atoms with Crippen molar-refractivity contribution >= 4 is 21.8 Å². The second-order valence-corrected chi connectivity index (χ2v) is 19.1. The van der Waals surface area contributed by atoms with Crippen LogP contribution in [0.15, 0.2) is 212 Å². The number of rotatable bonds is 6. The van der Waals surface area contributed by atoms with Crippen LogP contribution in [0.3, 0.4) is 0 Å². The van der Waals surface area contributed by atoms with Crippen molar-refractivity contribution in [3.63, 3.8) is 0 Å². The fourth-order valence-corrected chi connectivity index (χ4v) is 12.1. The summed E-state index contributed by atoms with van der Waals surface area (Å²) < 4.78 is 9.05. The lowest BCUT2D eigenvalue weighted by atomic mass is 9.68. The summed E-state index contributed by atoms with van der Waals surface area (Å²) in [6.45, 7) is 0. The van der Waals surface area contributed by atoms with Gasteiger partial charge in [0.25, 0.3) is 0 Å². The molecular formula is C64H47N3O. The van der Waals surface area contributed by atoms with Crippen LogP contribution < -0.4 is 4.74 Å². The molecule has 0 bridgehead atoms. The maximum Gasteiger partial charge on any atom is 0.160 e. The maximum absolute atomic E-state index is 6.57. The standard InChI is InChI=1S/C64H47N3O/c1-4-15-41(16-5-1)42-25-27-43(28-26-42)57-40-58(66-63(65-57)44-17-6-2-7-18-44)47-20-14-19-45(35-47)46-29-32-59-53(36-46)54-38-56-52(49-21-8-10-23-55(49)64(56)33-12-3-13-34-64)39-60(54)67(59)48-30-31-51-50-22-9-11-24-61(50)68-62(51)37-48/h1-2,4-11,14-21,23-32,35-40,50H,3,12-13,22,33-34H2. The third kappa shape index (κ3) is 6.20. The molecule has 0 amide bonds. The van der Waals surface area contributed by atoms with Gasteiger partial charge in [0.15, 0.2) is 5.82 Å². The van der Waals surface area contributed by atoms with E-state index in [2.05, 4.69) is 205 Å². The van der Waals surface area contributed by atoms with Gasteiger partial charge in [0.05, 0.1) is 22.4 Å². The van der Waals surface area contributed by atoms with Gasteiger partial charge in [-0.15, -0.1) is 0 Å². The SMILES string of the molecule is C1=CCC2C(=C1)Oc1cc(-n3c4ccc(-c5cccc(-c6cc(-c7ccc(-c8ccccc8)cc7)nc(-c7ccccc7)n6)c5)cc4c4cc5c(cc43)-c3ccccc3C53CCCCC3)ccc12. The van der Waals surface area contributed by atoms with Crippen molar-refractivity contribution in [3.8, 4) is 78.7 Å². The quantitative estimate of drug-likeness (QED) is 0.167. The second-order valence-electron chi connectivity index (χ2n) is 19.1. The molecule has 324 valence electrons. The smallest absolute Gasteiger partial charge is 0.160 e. The zero-order valence-electron chi connectivity index (χ0n) is 37.7. The molecule has 0 saturated heterocycles. The van der Waals surface area contributed by atoms with Crippen LogP contribution in [0.4, 0.5) is 0 Å². The molecule has 1 spiro atoms. The third-order valence-electron chi connectivity index (χ3n) is 15.4. The molecule has 0 radical (unpaired) electrons. The highest BCUT2D eigenvalue weighted by Crippen LogP contribution is 2.57. The number of nitrogens with zero attached hydrogens (tertiary/aromatic N) is 3. The van der Waals surface area contributed by atoms with E-state index in [1.165, 1.54) is 98.4 Å². The molecular weight excluding hydrogens is 827 g/mol. The van der Waals surface area contributed by atoms with Gasteiger partial charge in [0.2, 0.25) is 0 Å². The first-order valence-electron chi connectivity index (χ1n) is 24.3. The minimum atomic E-state index is 0.0527. The molecule has 0 N–H and O–H groups in total. The zero-order chi connectivity index (χ0) is 44.8. The molecule has 4 aliphatic rings. The van der Waals surface area contributed by atoms with E-state index >= 15 is 0 Å². The zero-order valence-corrected chi connectivity index (χ0v) is 37.7. The molecule has 1 atom stereocenters. The first-order valence-corrected chi connectivity index (χ1v) is 24.3. The van der Waals surface area contributed by atoms with E-state index < -0.39 is 0 Å². The Morgan fingerprint density at radius 2 is 1.16 bits per heavy atom. The van der Waals surface area contributed by atoms with E-state index in [0.717, 1.165) is 57.3 Å². The van der Waals surface area contributed by atoms with Crippen molar-refractivity contribution in [3.05, 3.63) is 229 Å². The Balaban J connectivity index is 0.920. The van der Waals surface area contributed by atoms with Gasteiger partial charge in [-0.1, -0.05) is 171 Å². The molecule has 1 saturated carbocycles. The molecule has 14 rings (SSSR count). The molecule has 1 fully saturated rings. The van der Waals surface area contributed by atoms with E-state index in [-0.39, 0.29) is 11.3 Å². The molecule has 4 nitrogen and oxygen atoms in total. The van der Waals surface area contributed by atoms with Crippen molar-refractivity contribution < 1.29 is 4.74 Å². The van der Waals surface area contributed by atoms with Crippen molar-refractivity contribution in [1.29, 1.82) is 0 Å². The van der Waals surface area contributed by atoms with Gasteiger partial charge in [-0.25, -0.2) is 9.97 Å². The first kappa shape index (κ1) is 39.1. The molecule has 8 aromatic carbocycles. The Kier molecular flexibility index (Phi) is 8.92. The molecule has 1 unspecified atom stereocenters. The van der Waals surface area contributed by atoms with Crippen LogP contribution in [0.2, 0.25) is 0 Å². The summed E-state index contributed by atoms with van der Waals surface area (Å²) in [4.78, 5) is 10.4. The fraction of sp³-hybridized carbons (Fsp3) is 0.125. The highest BCUT2D eigenvalue weighted by Gasteiger charge is 2.44. The average Bonchev–Trinajstić information content (AvgIpc) is 4.03. The number of hydrogen-bond donors (Lipinski definition) is 0. The van der Waals surface area contributed by atoms with Crippen LogP contribution in [0.1, 0.15) is 61.1 Å². The van der Waals surface area contributed by atoms with Crippen molar-refractivity contribution in [1.82, 2.24) is 14.5 Å². The molecule has 3 heterocycles. The summed E-state index contributed by atoms with van der Waals surface area (Å²) in [7, 11) is 0. The monoisotopic (exact) mass is 873 g/mol. The van der Waals surface area contributed by atoms with Gasteiger partial charge in [-0.05, 0) is 112 Å². The number of ether oxygens (including phenoxy) is 1. The summed E-state index contributed by atoms with van der Waals surface area (Å²) in [5.41, 5.74) is 20.2. The van der Waals surface area contributed by atoms with Crippen LogP contribution >= 0.6 is 0 Å². The Bertz CT molecular complexity index is 3700. The highest BCUT2D eigenvalue weighted by molar-refractivity contribution is 6.12. The predicted molar refractivity (Wildman–Crippen MR) is 278 cm³/mol. The van der Waals surface area contributed by atoms with E-state index in [9.17, 15) is 0 Å². The van der Waals surface area contributed by atoms with Crippen LogP contribution in [0.5, 0.6) is 5.75 Å². The van der Waals surface area contributed by atoms with Crippen LogP contribution in [-0.4, -0.2) is 14.5 Å². The highest BCUT2D eigenvalue weighted by atomic mass is 16.5. The summed E-state index contributed by atoms with van der Waals surface area (Å²) in [5.74, 6) is 3.01. The summed E-state index contributed by atoms with van der Waals surface area (Å²) in [5, 5.41) is 2.55. The number of fused-ring (bicyclic) bond motifs is 11. The Morgan fingerprint density at radius 1 is 0.485 bits per heavy atom. The van der Waals surface area contributed by atoms with Crippen molar-refractivity contribution in [2.24, 2.45) is 0 Å². The second kappa shape index (κ2) is 15.5. The lowest BCUT2D eigenvalue weighted by molar-refractivity contribution is 0.353. The number of benzene rings is 8. The summed E-state index contributed by atoms with van der Waals surface area (Å²) in [6, 6.07) is 68.8. The molecule has 3 aliphatic carbocycles. The Morgan fingerprint density at radius 3 is 2.00 bits per heavy atom. The Labute approximate surface area is 396 Å². The number of allylic oxidation sites excluding steroid dienone is 4. The fourth-order valence-electron chi connectivity index (χ4n) is 12.1. The Hall–Kier alpha value is -8.08. The minimum absolute atomic E-state index is 0.0527. The van der Waals surface area contributed by atoms with E-state index in [4.69, 9.17) is 14.7 Å². The van der Waals surface area contributed by atoms with Crippen LogP contribution in [0.25, 0.3) is 94.8 Å². The average molecular weight is 874 g/mol. The van der Waals surface area contributed by atoms with Gasteiger partial charge >= 0.3 is 0 Å². The molecule has 2 aromatic heterocycles. The molecule has 10 aromatic rings. The molecule has 68 heavy (non-hydrogen) atoms. The van der Waals surface area contributed by atoms with Crippen LogP contribution in [0, 0.1) is 0 Å². The van der Waals surface area contributed by atoms with Gasteiger partial charge < -0.3 is 9.30 Å². The molecule has 4 heteroatoms. The van der Waals surface area contributed by atoms with Gasteiger partial charge in [0.1, 0.15) is 11.5 Å². The summed E-state index contributed by atoms with van der Waals surface area (Å²) >= 11 is 0. The van der Waals surface area contributed by atoms with E-state index in [1.54, 1.807) is 0 Å². The lowest BCUT2D eigenvalue weighted by Crippen LogP contribution is -2.27. The predicted octanol–water partition coefficient (Wildman–Crippen LogP) is 16.5. The van der Waals surface area contributed by atoms with Crippen molar-refractivity contribution in [2.45, 2.75) is 49.9 Å². The van der Waals surface area contributed by atoms with E-state index in [0.29, 0.717) is 5.82 Å². The van der Waals surface area contributed by atoms with E-state index in [1.807, 2.05) is 6.07 Å². The van der Waals surface area contributed by atoms with Crippen molar-refractivity contribution in [2.75, 3.05) is 0 Å². The van der Waals surface area contributed by atoms with Gasteiger partial charge in [-0.2, -0.15) is 0 Å². The normalized spacial score (nSPS) is 16.3.